The van der Waals surface area contributed by atoms with Crippen LogP contribution in [0.3, 0.4) is 0 Å². The molecule has 0 amide bonds. The van der Waals surface area contributed by atoms with Gasteiger partial charge in [-0.15, -0.1) is 45.3 Å². The van der Waals surface area contributed by atoms with E-state index in [1.165, 1.54) is 94.3 Å². The fourth-order valence-corrected chi connectivity index (χ4v) is 21.9. The van der Waals surface area contributed by atoms with Gasteiger partial charge in [0.1, 0.15) is 19.1 Å². The molecule has 0 N–H and O–H groups in total. The van der Waals surface area contributed by atoms with Gasteiger partial charge in [-0.1, -0.05) is 112 Å². The number of rotatable bonds is 21. The number of nitrogens with zero attached hydrogens (tertiary/aromatic N) is 3. The zero-order valence-electron chi connectivity index (χ0n) is 36.0. The number of hydrogen-bond acceptors (Lipinski definition) is 6. The van der Waals surface area contributed by atoms with Crippen molar-refractivity contribution < 1.29 is 8.78 Å². The largest absolute Gasteiger partial charge is 0.203 e. The number of fused-ring (bicyclic) bond motifs is 4. The van der Waals surface area contributed by atoms with Crippen LogP contribution in [0.5, 0.6) is 0 Å². The highest BCUT2D eigenvalue weighted by Gasteiger charge is 2.49. The molecule has 0 bridgehead atoms. The Hall–Kier alpha value is -2.50. The fraction of sp³-hybridized carbons (Fsp3) is 0.542. The maximum Gasteiger partial charge on any atom is 0.170 e. The predicted octanol–water partition coefficient (Wildman–Crippen LogP) is 15.8. The summed E-state index contributed by atoms with van der Waals surface area (Å²) >= 11 is 6.97. The topological polar surface area (TPSA) is 30.7 Å². The van der Waals surface area contributed by atoms with Crippen molar-refractivity contribution in [3.63, 3.8) is 0 Å². The van der Waals surface area contributed by atoms with Gasteiger partial charge in [0.15, 0.2) is 11.6 Å². The third kappa shape index (κ3) is 8.53. The standard InChI is InChI=1S/C48H63F2N3S4Si/c1-9-15-18-32(12-4)27-53-51-45-41(36-22-21-30(7)54-36)43(49)44(50)42(46(45)52-53)37-24-23-35(56-37)38-26-40-48(57-38)47-39(25-31(8)55-47)58(40,28-33(13-5)19-16-10-2)29-34(14-6)20-17-11-3/h21-26,32-34H,9-20,27-29H2,1-8H3. The number of thiophene rings is 4. The first-order valence-electron chi connectivity index (χ1n) is 22.3. The van der Waals surface area contributed by atoms with E-state index in [0.717, 1.165) is 47.3 Å². The monoisotopic (exact) mass is 875 g/mol. The van der Waals surface area contributed by atoms with Crippen molar-refractivity contribution in [3.8, 4) is 40.4 Å². The van der Waals surface area contributed by atoms with Crippen LogP contribution in [0.4, 0.5) is 8.78 Å². The minimum Gasteiger partial charge on any atom is -0.203 e. The molecule has 7 rings (SSSR count). The van der Waals surface area contributed by atoms with E-state index in [1.54, 1.807) is 26.5 Å². The van der Waals surface area contributed by atoms with E-state index in [-0.39, 0.29) is 11.1 Å². The van der Waals surface area contributed by atoms with Gasteiger partial charge >= 0.3 is 0 Å². The Morgan fingerprint density at radius 2 is 1.07 bits per heavy atom. The lowest BCUT2D eigenvalue weighted by Crippen LogP contribution is -2.56. The maximum atomic E-state index is 16.7. The highest BCUT2D eigenvalue weighted by molar-refractivity contribution is 7.32. The zero-order chi connectivity index (χ0) is 41.1. The Morgan fingerprint density at radius 3 is 1.60 bits per heavy atom. The van der Waals surface area contributed by atoms with Crippen LogP contribution in [-0.2, 0) is 6.54 Å². The molecule has 6 aromatic rings. The van der Waals surface area contributed by atoms with Crippen LogP contribution >= 0.6 is 45.3 Å². The number of benzene rings is 1. The quantitative estimate of drug-likeness (QED) is 0.0675. The first kappa shape index (κ1) is 43.6. The summed E-state index contributed by atoms with van der Waals surface area (Å²) in [6.45, 7) is 18.8. The van der Waals surface area contributed by atoms with Gasteiger partial charge in [0.2, 0.25) is 0 Å². The lowest BCUT2D eigenvalue weighted by Gasteiger charge is -2.35. The van der Waals surface area contributed by atoms with Gasteiger partial charge in [0.05, 0.1) is 17.7 Å². The first-order valence-corrected chi connectivity index (χ1v) is 28.0. The van der Waals surface area contributed by atoms with E-state index in [2.05, 4.69) is 66.7 Å². The van der Waals surface area contributed by atoms with E-state index >= 15 is 8.78 Å². The van der Waals surface area contributed by atoms with Crippen LogP contribution in [0.25, 0.3) is 51.4 Å². The molecule has 1 aliphatic heterocycles. The number of hydrogen-bond donors (Lipinski definition) is 0. The van der Waals surface area contributed by atoms with E-state index in [1.807, 2.05) is 47.8 Å². The molecule has 0 radical (unpaired) electrons. The van der Waals surface area contributed by atoms with Gasteiger partial charge in [0, 0.05) is 39.0 Å². The van der Waals surface area contributed by atoms with Crippen LogP contribution in [0.15, 0.2) is 36.4 Å². The third-order valence-corrected chi connectivity index (χ3v) is 23.4. The predicted molar refractivity (Wildman–Crippen MR) is 255 cm³/mol. The highest BCUT2D eigenvalue weighted by Crippen LogP contribution is 2.50. The van der Waals surface area contributed by atoms with Crippen LogP contribution in [-0.4, -0.2) is 23.1 Å². The molecule has 1 aromatic carbocycles. The van der Waals surface area contributed by atoms with Crippen LogP contribution in [0.1, 0.15) is 128 Å². The Balaban J connectivity index is 1.34. The second kappa shape index (κ2) is 19.0. The van der Waals surface area contributed by atoms with Crippen molar-refractivity contribution in [1.82, 2.24) is 15.0 Å². The maximum absolute atomic E-state index is 16.7. The molecule has 6 heterocycles. The van der Waals surface area contributed by atoms with Crippen molar-refractivity contribution >= 4 is 74.8 Å². The van der Waals surface area contributed by atoms with Gasteiger partial charge in [-0.3, -0.25) is 0 Å². The Bertz CT molecular complexity index is 2290. The molecule has 312 valence electrons. The van der Waals surface area contributed by atoms with Crippen molar-refractivity contribution in [2.24, 2.45) is 17.8 Å². The molecule has 58 heavy (non-hydrogen) atoms. The molecular formula is C48H63F2N3S4Si. The third-order valence-electron chi connectivity index (χ3n) is 13.0. The Labute approximate surface area is 363 Å². The SMILES string of the molecule is CCCCC(CC)Cn1nc2c(-c3ccc(C)s3)c(F)c(F)c(-c3ccc(-c4cc5c(s4)-c4sc(C)cc4[Si]5(CC(CC)CCCC)CC(CC)CCCC)s3)c2n1. The van der Waals surface area contributed by atoms with Gasteiger partial charge < -0.3 is 0 Å². The Kier molecular flexibility index (Phi) is 14.3. The minimum absolute atomic E-state index is 0.227. The number of unbranched alkanes of at least 4 members (excludes halogenated alkanes) is 3. The summed E-state index contributed by atoms with van der Waals surface area (Å²) in [6, 6.07) is 15.8. The van der Waals surface area contributed by atoms with Crippen LogP contribution < -0.4 is 10.4 Å². The minimum atomic E-state index is -2.11. The van der Waals surface area contributed by atoms with Gasteiger partial charge in [-0.2, -0.15) is 15.0 Å². The van der Waals surface area contributed by atoms with Crippen molar-refractivity contribution in [3.05, 3.63) is 57.8 Å². The van der Waals surface area contributed by atoms with E-state index in [4.69, 9.17) is 10.2 Å². The lowest BCUT2D eigenvalue weighted by atomic mass is 10.00. The lowest BCUT2D eigenvalue weighted by molar-refractivity contribution is 0.351. The highest BCUT2D eigenvalue weighted by atomic mass is 32.1. The number of aromatic nitrogens is 3. The van der Waals surface area contributed by atoms with Crippen molar-refractivity contribution in [2.75, 3.05) is 0 Å². The van der Waals surface area contributed by atoms with E-state index < -0.39 is 19.7 Å². The summed E-state index contributed by atoms with van der Waals surface area (Å²) < 4.78 is 33.3. The molecule has 0 saturated heterocycles. The molecule has 1 aliphatic rings. The molecule has 10 heteroatoms. The van der Waals surface area contributed by atoms with Crippen molar-refractivity contribution in [2.45, 2.75) is 151 Å². The summed E-state index contributed by atoms with van der Waals surface area (Å²) in [4.78, 5) is 11.0. The molecule has 3 unspecified atom stereocenters. The summed E-state index contributed by atoms with van der Waals surface area (Å²) in [5.41, 5.74) is 1.36. The number of aryl methyl sites for hydroxylation is 2. The Morgan fingerprint density at radius 1 is 0.569 bits per heavy atom. The van der Waals surface area contributed by atoms with Gasteiger partial charge in [-0.25, -0.2) is 8.78 Å². The summed E-state index contributed by atoms with van der Waals surface area (Å²) in [6.07, 6.45) is 14.6. The fourth-order valence-electron chi connectivity index (χ4n) is 9.58. The van der Waals surface area contributed by atoms with Gasteiger partial charge in [0.25, 0.3) is 0 Å². The average Bonchev–Trinajstić information content (AvgIpc) is 4.08. The normalized spacial score (nSPS) is 16.7. The smallest absolute Gasteiger partial charge is 0.170 e. The molecule has 0 spiro atoms. The average molecular weight is 876 g/mol. The summed E-state index contributed by atoms with van der Waals surface area (Å²) in [5.74, 6) is 0.211. The van der Waals surface area contributed by atoms with E-state index in [9.17, 15) is 0 Å². The molecule has 5 aromatic heterocycles. The van der Waals surface area contributed by atoms with Crippen molar-refractivity contribution in [1.29, 1.82) is 0 Å². The zero-order valence-corrected chi connectivity index (χ0v) is 40.3. The summed E-state index contributed by atoms with van der Waals surface area (Å²) in [5, 5.41) is 13.3. The molecule has 3 nitrogen and oxygen atoms in total. The second-order valence-electron chi connectivity index (χ2n) is 17.1. The summed E-state index contributed by atoms with van der Waals surface area (Å²) in [7, 11) is -2.11. The molecule has 3 atom stereocenters. The molecule has 0 saturated carbocycles. The second-order valence-corrected chi connectivity index (χ2v) is 25.8. The van der Waals surface area contributed by atoms with Crippen LogP contribution in [0.2, 0.25) is 12.1 Å². The number of halogens is 2. The first-order chi connectivity index (χ1) is 28.1. The van der Waals surface area contributed by atoms with Crippen LogP contribution in [0, 0.1) is 43.2 Å². The van der Waals surface area contributed by atoms with Gasteiger partial charge in [-0.05, 0) is 96.9 Å². The molecule has 0 fully saturated rings. The molecule has 0 aliphatic carbocycles. The van der Waals surface area contributed by atoms with E-state index in [0.29, 0.717) is 33.3 Å². The molecular weight excluding hydrogens is 813 g/mol.